The summed E-state index contributed by atoms with van der Waals surface area (Å²) in [6.45, 7) is 2.28. The molecular weight excluding hydrogens is 414 g/mol. The zero-order chi connectivity index (χ0) is 21.8. The summed E-state index contributed by atoms with van der Waals surface area (Å²) in [5.41, 5.74) is 3.27. The summed E-state index contributed by atoms with van der Waals surface area (Å²) in [5, 5.41) is 3.44. The number of rotatable bonds is 6. The minimum Gasteiger partial charge on any atom is -0.355 e. The normalized spacial score (nSPS) is 18.1. The number of hydrogen-bond acceptors (Lipinski definition) is 3. The Hall–Kier alpha value is -2.86. The van der Waals surface area contributed by atoms with Crippen molar-refractivity contribution in [3.8, 4) is 0 Å². The molecule has 2 aliphatic heterocycles. The molecular formula is C24H26ClN3O3. The van der Waals surface area contributed by atoms with Gasteiger partial charge in [-0.3, -0.25) is 14.4 Å². The molecule has 1 atom stereocenters. The van der Waals surface area contributed by atoms with Gasteiger partial charge in [-0.25, -0.2) is 0 Å². The number of amides is 3. The number of hydrogen-bond donors (Lipinski definition) is 1. The molecule has 0 aliphatic carbocycles. The third-order valence-electron chi connectivity index (χ3n) is 6.01. The second-order valence-corrected chi connectivity index (χ2v) is 8.47. The van der Waals surface area contributed by atoms with Crippen LogP contribution >= 0.6 is 11.6 Å². The van der Waals surface area contributed by atoms with Gasteiger partial charge in [-0.05, 0) is 54.7 Å². The quantitative estimate of drug-likeness (QED) is 0.555. The summed E-state index contributed by atoms with van der Waals surface area (Å²) < 4.78 is 0. The molecule has 2 aliphatic rings. The van der Waals surface area contributed by atoms with Crippen LogP contribution in [0.15, 0.2) is 48.5 Å². The standard InChI is InChI=1S/C24H26ClN3O3/c25-19-7-9-20(10-8-19)28-15-12-21(24(28)31)23(30)26-13-3-6-22(29)27-14-11-17-4-1-2-5-18(17)16-27/h1-2,4-5,7-10,21H,3,6,11-16H2,(H,26,30). The van der Waals surface area contributed by atoms with E-state index in [2.05, 4.69) is 17.4 Å². The van der Waals surface area contributed by atoms with E-state index in [1.54, 1.807) is 29.2 Å². The highest BCUT2D eigenvalue weighted by atomic mass is 35.5. The van der Waals surface area contributed by atoms with Crippen molar-refractivity contribution in [1.82, 2.24) is 10.2 Å². The largest absolute Gasteiger partial charge is 0.355 e. The highest BCUT2D eigenvalue weighted by Crippen LogP contribution is 2.26. The summed E-state index contributed by atoms with van der Waals surface area (Å²) in [6, 6.07) is 15.2. The van der Waals surface area contributed by atoms with E-state index in [1.807, 2.05) is 17.0 Å². The minimum absolute atomic E-state index is 0.106. The van der Waals surface area contributed by atoms with E-state index < -0.39 is 5.92 Å². The third-order valence-corrected chi connectivity index (χ3v) is 6.26. The Bertz CT molecular complexity index is 976. The first-order chi connectivity index (χ1) is 15.0. The SMILES string of the molecule is O=C(NCCCC(=O)N1CCc2ccccc2C1)C1CCN(c2ccc(Cl)cc2)C1=O. The molecule has 0 bridgehead atoms. The van der Waals surface area contributed by atoms with E-state index in [4.69, 9.17) is 11.6 Å². The topological polar surface area (TPSA) is 69.7 Å². The molecule has 2 aromatic rings. The first-order valence-electron chi connectivity index (χ1n) is 10.7. The van der Waals surface area contributed by atoms with Crippen molar-refractivity contribution in [2.24, 2.45) is 5.92 Å². The van der Waals surface area contributed by atoms with E-state index in [1.165, 1.54) is 11.1 Å². The van der Waals surface area contributed by atoms with Gasteiger partial charge in [0.1, 0.15) is 5.92 Å². The molecule has 0 aromatic heterocycles. The van der Waals surface area contributed by atoms with Crippen molar-refractivity contribution in [3.05, 3.63) is 64.7 Å². The van der Waals surface area contributed by atoms with Gasteiger partial charge in [-0.2, -0.15) is 0 Å². The van der Waals surface area contributed by atoms with Crippen molar-refractivity contribution < 1.29 is 14.4 Å². The Morgan fingerprint density at radius 1 is 1.03 bits per heavy atom. The van der Waals surface area contributed by atoms with Gasteiger partial charge in [0.25, 0.3) is 0 Å². The van der Waals surface area contributed by atoms with E-state index in [0.717, 1.165) is 18.7 Å². The van der Waals surface area contributed by atoms with Crippen LogP contribution in [0.1, 0.15) is 30.4 Å². The molecule has 1 unspecified atom stereocenters. The summed E-state index contributed by atoms with van der Waals surface area (Å²) in [6.07, 6.45) is 2.31. The Labute approximate surface area is 187 Å². The average molecular weight is 440 g/mol. The van der Waals surface area contributed by atoms with Crippen LogP contribution in [0.4, 0.5) is 5.69 Å². The lowest BCUT2D eigenvalue weighted by atomic mass is 9.99. The minimum atomic E-state index is -0.676. The Kier molecular flexibility index (Phi) is 6.56. The molecule has 2 aromatic carbocycles. The number of carbonyl (C=O) groups excluding carboxylic acids is 3. The Morgan fingerprint density at radius 3 is 2.55 bits per heavy atom. The fourth-order valence-corrected chi connectivity index (χ4v) is 4.37. The molecule has 0 spiro atoms. The zero-order valence-electron chi connectivity index (χ0n) is 17.4. The summed E-state index contributed by atoms with van der Waals surface area (Å²) in [7, 11) is 0. The molecule has 0 radical (unpaired) electrons. The van der Waals surface area contributed by atoms with Crippen LogP contribution in [0.25, 0.3) is 0 Å². The summed E-state index contributed by atoms with van der Waals surface area (Å²) in [5.74, 6) is -1.02. The first kappa shape index (κ1) is 21.4. The van der Waals surface area contributed by atoms with Crippen LogP contribution in [0, 0.1) is 5.92 Å². The van der Waals surface area contributed by atoms with E-state index in [0.29, 0.717) is 43.9 Å². The molecule has 162 valence electrons. The van der Waals surface area contributed by atoms with Crippen molar-refractivity contribution in [3.63, 3.8) is 0 Å². The van der Waals surface area contributed by atoms with Crippen LogP contribution < -0.4 is 10.2 Å². The fourth-order valence-electron chi connectivity index (χ4n) is 4.24. The molecule has 7 heteroatoms. The molecule has 1 fully saturated rings. The average Bonchev–Trinajstić information content (AvgIpc) is 3.18. The molecule has 2 heterocycles. The smallest absolute Gasteiger partial charge is 0.239 e. The number of anilines is 1. The molecule has 4 rings (SSSR count). The maximum absolute atomic E-state index is 12.7. The number of fused-ring (bicyclic) bond motifs is 1. The number of carbonyl (C=O) groups is 3. The lowest BCUT2D eigenvalue weighted by Gasteiger charge is -2.29. The van der Waals surface area contributed by atoms with E-state index in [9.17, 15) is 14.4 Å². The van der Waals surface area contributed by atoms with E-state index >= 15 is 0 Å². The lowest BCUT2D eigenvalue weighted by molar-refractivity contribution is -0.134. The van der Waals surface area contributed by atoms with Crippen LogP contribution in [0.3, 0.4) is 0 Å². The van der Waals surface area contributed by atoms with Crippen LogP contribution in [-0.2, 0) is 27.3 Å². The fraction of sp³-hybridized carbons (Fsp3) is 0.375. The Morgan fingerprint density at radius 2 is 1.77 bits per heavy atom. The predicted molar refractivity (Wildman–Crippen MR) is 120 cm³/mol. The molecule has 0 saturated carbocycles. The van der Waals surface area contributed by atoms with Crippen LogP contribution in [0.2, 0.25) is 5.02 Å². The van der Waals surface area contributed by atoms with Gasteiger partial charge in [0.2, 0.25) is 17.7 Å². The van der Waals surface area contributed by atoms with Gasteiger partial charge < -0.3 is 15.1 Å². The van der Waals surface area contributed by atoms with Gasteiger partial charge in [0, 0.05) is 43.3 Å². The number of halogens is 1. The number of nitrogens with zero attached hydrogens (tertiary/aromatic N) is 2. The van der Waals surface area contributed by atoms with Gasteiger partial charge >= 0.3 is 0 Å². The zero-order valence-corrected chi connectivity index (χ0v) is 18.1. The van der Waals surface area contributed by atoms with Gasteiger partial charge in [-0.15, -0.1) is 0 Å². The van der Waals surface area contributed by atoms with Gasteiger partial charge in [-0.1, -0.05) is 35.9 Å². The molecule has 1 N–H and O–H groups in total. The van der Waals surface area contributed by atoms with Crippen molar-refractivity contribution in [2.45, 2.75) is 32.2 Å². The second kappa shape index (κ2) is 9.52. The summed E-state index contributed by atoms with van der Waals surface area (Å²) >= 11 is 5.90. The maximum Gasteiger partial charge on any atom is 0.239 e. The summed E-state index contributed by atoms with van der Waals surface area (Å²) in [4.78, 5) is 41.2. The molecule has 31 heavy (non-hydrogen) atoms. The second-order valence-electron chi connectivity index (χ2n) is 8.04. The predicted octanol–water partition coefficient (Wildman–Crippen LogP) is 3.17. The monoisotopic (exact) mass is 439 g/mol. The maximum atomic E-state index is 12.7. The van der Waals surface area contributed by atoms with Crippen LogP contribution in [0.5, 0.6) is 0 Å². The van der Waals surface area contributed by atoms with E-state index in [-0.39, 0.29) is 17.7 Å². The van der Waals surface area contributed by atoms with Crippen molar-refractivity contribution in [2.75, 3.05) is 24.5 Å². The molecule has 3 amide bonds. The molecule has 1 saturated heterocycles. The number of nitrogens with one attached hydrogen (secondary N) is 1. The lowest BCUT2D eigenvalue weighted by Crippen LogP contribution is -2.38. The highest BCUT2D eigenvalue weighted by Gasteiger charge is 2.37. The number of benzene rings is 2. The third kappa shape index (κ3) is 4.90. The molecule has 6 nitrogen and oxygen atoms in total. The van der Waals surface area contributed by atoms with Gasteiger partial charge in [0.05, 0.1) is 0 Å². The first-order valence-corrected chi connectivity index (χ1v) is 11.1. The van der Waals surface area contributed by atoms with Crippen molar-refractivity contribution >= 4 is 35.0 Å². The highest BCUT2D eigenvalue weighted by molar-refractivity contribution is 6.30. The van der Waals surface area contributed by atoms with Crippen molar-refractivity contribution in [1.29, 1.82) is 0 Å². The van der Waals surface area contributed by atoms with Crippen LogP contribution in [-0.4, -0.2) is 42.3 Å². The Balaban J connectivity index is 1.20. The van der Waals surface area contributed by atoms with Gasteiger partial charge in [0.15, 0.2) is 0 Å².